The molecular weight excluding hydrogens is 340 g/mol. The quantitative estimate of drug-likeness (QED) is 0.908. The number of hydrogen-bond donors (Lipinski definition) is 1. The number of nitrogens with zero attached hydrogens (tertiary/aromatic N) is 2. The van der Waals surface area contributed by atoms with E-state index in [-0.39, 0.29) is 18.6 Å². The highest BCUT2D eigenvalue weighted by Gasteiger charge is 2.54. The van der Waals surface area contributed by atoms with Crippen LogP contribution in [0.5, 0.6) is 0 Å². The first-order valence-corrected chi connectivity index (χ1v) is 9.97. The summed E-state index contributed by atoms with van der Waals surface area (Å²) in [4.78, 5) is 17.9. The standard InChI is InChI=1S/C22H26N2O3/c1-14-2-4-15(5-3-14)18-12-24(22(26)19-7-6-17(13-25)27-19)20-16-8-10-23(11-9-16)21(18)20/h2-7,16,18,20-21,25H,8-13H2,1H3/t18-,20-,21-/m0/s1. The van der Waals surface area contributed by atoms with E-state index in [2.05, 4.69) is 41.0 Å². The predicted octanol–water partition coefficient (Wildman–Crippen LogP) is 2.78. The van der Waals surface area contributed by atoms with E-state index in [1.165, 1.54) is 24.0 Å². The molecule has 2 aromatic rings. The Morgan fingerprint density at radius 3 is 2.52 bits per heavy atom. The van der Waals surface area contributed by atoms with Gasteiger partial charge >= 0.3 is 0 Å². The van der Waals surface area contributed by atoms with Gasteiger partial charge in [-0.05, 0) is 56.5 Å². The molecule has 0 radical (unpaired) electrons. The van der Waals surface area contributed by atoms with Crippen LogP contribution in [0, 0.1) is 12.8 Å². The summed E-state index contributed by atoms with van der Waals surface area (Å²) in [7, 11) is 0. The number of aliphatic hydroxyl groups excluding tert-OH is 1. The van der Waals surface area contributed by atoms with Crippen LogP contribution in [0.15, 0.2) is 40.8 Å². The molecule has 1 N–H and O–H groups in total. The van der Waals surface area contributed by atoms with E-state index in [1.54, 1.807) is 12.1 Å². The zero-order valence-electron chi connectivity index (χ0n) is 15.7. The molecule has 1 amide bonds. The molecule has 0 spiro atoms. The molecule has 3 atom stereocenters. The largest absolute Gasteiger partial charge is 0.453 e. The molecule has 142 valence electrons. The summed E-state index contributed by atoms with van der Waals surface area (Å²) in [6, 6.07) is 12.8. The van der Waals surface area contributed by atoms with Gasteiger partial charge in [-0.15, -0.1) is 0 Å². The average molecular weight is 366 g/mol. The van der Waals surface area contributed by atoms with Crippen molar-refractivity contribution in [2.45, 2.75) is 44.4 Å². The molecule has 1 aromatic heterocycles. The second kappa shape index (κ2) is 6.50. The molecular formula is C22H26N2O3. The van der Waals surface area contributed by atoms with Gasteiger partial charge in [-0.1, -0.05) is 29.8 Å². The fraction of sp³-hybridized carbons (Fsp3) is 0.500. The molecule has 5 heterocycles. The third-order valence-corrected chi connectivity index (χ3v) is 6.79. The van der Waals surface area contributed by atoms with Crippen molar-refractivity contribution in [3.05, 3.63) is 59.0 Å². The zero-order valence-corrected chi connectivity index (χ0v) is 15.7. The number of fused-ring (bicyclic) bond motifs is 2. The minimum absolute atomic E-state index is 0.0342. The van der Waals surface area contributed by atoms with Gasteiger partial charge < -0.3 is 14.4 Å². The van der Waals surface area contributed by atoms with Gasteiger partial charge in [-0.25, -0.2) is 0 Å². The Kier molecular flexibility index (Phi) is 4.10. The summed E-state index contributed by atoms with van der Waals surface area (Å²) in [6.45, 7) is 4.96. The number of amides is 1. The summed E-state index contributed by atoms with van der Waals surface area (Å²) in [5.41, 5.74) is 2.59. The van der Waals surface area contributed by atoms with Crippen molar-refractivity contribution < 1.29 is 14.3 Å². The average Bonchev–Trinajstić information content (AvgIpc) is 3.35. The lowest BCUT2D eigenvalue weighted by molar-refractivity contribution is -0.00437. The fourth-order valence-corrected chi connectivity index (χ4v) is 5.48. The Hall–Kier alpha value is -2.11. The van der Waals surface area contributed by atoms with E-state index in [0.717, 1.165) is 19.6 Å². The molecule has 0 unspecified atom stereocenters. The number of piperidine rings is 3. The van der Waals surface area contributed by atoms with Gasteiger partial charge in [0.05, 0.1) is 6.04 Å². The van der Waals surface area contributed by atoms with Crippen LogP contribution in [-0.4, -0.2) is 52.5 Å². The van der Waals surface area contributed by atoms with Crippen LogP contribution in [-0.2, 0) is 6.61 Å². The number of furan rings is 1. The maximum absolute atomic E-state index is 13.3. The second-order valence-electron chi connectivity index (χ2n) is 8.25. The Labute approximate surface area is 159 Å². The number of likely N-dealkylation sites (tertiary alicyclic amines) is 1. The highest BCUT2D eigenvalue weighted by Crippen LogP contribution is 2.47. The molecule has 6 rings (SSSR count). The molecule has 4 fully saturated rings. The van der Waals surface area contributed by atoms with Gasteiger partial charge in [0.1, 0.15) is 12.4 Å². The molecule has 4 aliphatic rings. The zero-order chi connectivity index (χ0) is 18.5. The topological polar surface area (TPSA) is 56.9 Å². The first-order chi connectivity index (χ1) is 13.2. The summed E-state index contributed by atoms with van der Waals surface area (Å²) >= 11 is 0. The van der Waals surface area contributed by atoms with Gasteiger partial charge in [-0.3, -0.25) is 9.69 Å². The van der Waals surface area contributed by atoms with Gasteiger partial charge in [0.15, 0.2) is 5.76 Å². The van der Waals surface area contributed by atoms with E-state index in [9.17, 15) is 9.90 Å². The Balaban J connectivity index is 1.50. The first-order valence-electron chi connectivity index (χ1n) is 9.97. The number of carbonyl (C=O) groups is 1. The van der Waals surface area contributed by atoms with E-state index < -0.39 is 0 Å². The van der Waals surface area contributed by atoms with Crippen molar-refractivity contribution in [3.8, 4) is 0 Å². The molecule has 1 aromatic carbocycles. The monoisotopic (exact) mass is 366 g/mol. The normalized spacial score (nSPS) is 31.9. The molecule has 4 saturated heterocycles. The van der Waals surface area contributed by atoms with Crippen molar-refractivity contribution in [3.63, 3.8) is 0 Å². The molecule has 2 bridgehead atoms. The third kappa shape index (κ3) is 2.72. The number of rotatable bonds is 3. The Bertz CT molecular complexity index is 835. The number of benzene rings is 1. The van der Waals surface area contributed by atoms with Crippen LogP contribution in [0.25, 0.3) is 0 Å². The summed E-state index contributed by atoms with van der Waals surface area (Å²) in [5.74, 6) is 1.67. The molecule has 4 aliphatic heterocycles. The SMILES string of the molecule is Cc1ccc([C@@H]2CN(C(=O)c3ccc(CO)o3)[C@H]3C4CCN(CC4)[C@@H]23)cc1. The van der Waals surface area contributed by atoms with Gasteiger partial charge in [0, 0.05) is 18.5 Å². The molecule has 27 heavy (non-hydrogen) atoms. The Morgan fingerprint density at radius 2 is 1.85 bits per heavy atom. The third-order valence-electron chi connectivity index (χ3n) is 6.79. The van der Waals surface area contributed by atoms with Crippen molar-refractivity contribution in [2.75, 3.05) is 19.6 Å². The van der Waals surface area contributed by atoms with Crippen molar-refractivity contribution in [2.24, 2.45) is 5.92 Å². The highest BCUT2D eigenvalue weighted by atomic mass is 16.4. The minimum atomic E-state index is -0.179. The number of aliphatic hydroxyl groups is 1. The van der Waals surface area contributed by atoms with E-state index in [0.29, 0.717) is 29.4 Å². The van der Waals surface area contributed by atoms with Crippen LogP contribution in [0.2, 0.25) is 0 Å². The van der Waals surface area contributed by atoms with Crippen LogP contribution >= 0.6 is 0 Å². The van der Waals surface area contributed by atoms with E-state index in [4.69, 9.17) is 4.42 Å². The smallest absolute Gasteiger partial charge is 0.289 e. The van der Waals surface area contributed by atoms with Gasteiger partial charge in [0.25, 0.3) is 5.91 Å². The Morgan fingerprint density at radius 1 is 1.11 bits per heavy atom. The van der Waals surface area contributed by atoms with Gasteiger partial charge in [0.2, 0.25) is 0 Å². The van der Waals surface area contributed by atoms with Crippen LogP contribution in [0.3, 0.4) is 0 Å². The predicted molar refractivity (Wildman–Crippen MR) is 101 cm³/mol. The molecule has 0 aliphatic carbocycles. The van der Waals surface area contributed by atoms with Crippen molar-refractivity contribution in [1.29, 1.82) is 0 Å². The number of carbonyl (C=O) groups excluding carboxylic acids is 1. The van der Waals surface area contributed by atoms with Gasteiger partial charge in [-0.2, -0.15) is 0 Å². The van der Waals surface area contributed by atoms with Crippen LogP contribution in [0.4, 0.5) is 0 Å². The van der Waals surface area contributed by atoms with E-state index in [1.807, 2.05) is 0 Å². The summed E-state index contributed by atoms with van der Waals surface area (Å²) < 4.78 is 5.57. The molecule has 0 saturated carbocycles. The lowest BCUT2D eigenvalue weighted by Crippen LogP contribution is -2.60. The molecule has 5 nitrogen and oxygen atoms in total. The first kappa shape index (κ1) is 17.0. The maximum atomic E-state index is 13.3. The van der Waals surface area contributed by atoms with Crippen LogP contribution < -0.4 is 0 Å². The summed E-state index contributed by atoms with van der Waals surface area (Å²) in [5, 5.41) is 9.26. The fourth-order valence-electron chi connectivity index (χ4n) is 5.48. The lowest BCUT2D eigenvalue weighted by atomic mass is 9.75. The van der Waals surface area contributed by atoms with Crippen molar-refractivity contribution in [1.82, 2.24) is 9.80 Å². The van der Waals surface area contributed by atoms with E-state index >= 15 is 0 Å². The lowest BCUT2D eigenvalue weighted by Gasteiger charge is -2.51. The van der Waals surface area contributed by atoms with Crippen LogP contribution in [0.1, 0.15) is 46.2 Å². The second-order valence-corrected chi connectivity index (χ2v) is 8.25. The highest BCUT2D eigenvalue weighted by molar-refractivity contribution is 5.92. The number of hydrogen-bond acceptors (Lipinski definition) is 4. The molecule has 5 heteroatoms. The summed E-state index contributed by atoms with van der Waals surface area (Å²) in [6.07, 6.45) is 2.34. The number of aryl methyl sites for hydroxylation is 1. The van der Waals surface area contributed by atoms with Crippen molar-refractivity contribution >= 4 is 5.91 Å². The minimum Gasteiger partial charge on any atom is -0.453 e. The maximum Gasteiger partial charge on any atom is 0.289 e.